The van der Waals surface area contributed by atoms with Gasteiger partial charge in [0.1, 0.15) is 5.69 Å². The van der Waals surface area contributed by atoms with E-state index in [1.165, 1.54) is 0 Å². The molecule has 1 aromatic carbocycles. The third kappa shape index (κ3) is 3.16. The van der Waals surface area contributed by atoms with E-state index >= 15 is 0 Å². The van der Waals surface area contributed by atoms with Gasteiger partial charge in [-0.2, -0.15) is 0 Å². The van der Waals surface area contributed by atoms with E-state index in [1.807, 2.05) is 37.3 Å². The van der Waals surface area contributed by atoms with E-state index in [2.05, 4.69) is 20.5 Å². The fourth-order valence-corrected chi connectivity index (χ4v) is 1.59. The van der Waals surface area contributed by atoms with Gasteiger partial charge in [0.05, 0.1) is 0 Å². The molecule has 0 radical (unpaired) electrons. The summed E-state index contributed by atoms with van der Waals surface area (Å²) in [5, 5.41) is 10.9. The van der Waals surface area contributed by atoms with Crippen LogP contribution in [-0.2, 0) is 6.42 Å². The largest absolute Gasteiger partial charge is 0.354 e. The summed E-state index contributed by atoms with van der Waals surface area (Å²) in [7, 11) is 0. The summed E-state index contributed by atoms with van der Waals surface area (Å²) in [5.74, 6) is 0.429. The number of anilines is 1. The number of aromatic amines is 1. The molecule has 94 valence electrons. The first-order chi connectivity index (χ1) is 8.79. The average Bonchev–Trinajstić information content (AvgIpc) is 2.40. The summed E-state index contributed by atoms with van der Waals surface area (Å²) in [6.07, 6.45) is 1.46. The molecule has 0 aliphatic heterocycles. The van der Waals surface area contributed by atoms with E-state index in [9.17, 15) is 4.79 Å². The number of hydrogen-bond donors (Lipinski definition) is 2. The van der Waals surface area contributed by atoms with Gasteiger partial charge in [-0.1, -0.05) is 37.3 Å². The SMILES string of the molecule is CCCNc1nnc(Cc2ccccc2)c(=O)[nH]1. The summed E-state index contributed by atoms with van der Waals surface area (Å²) in [5.41, 5.74) is 1.29. The molecule has 5 heteroatoms. The maximum Gasteiger partial charge on any atom is 0.274 e. The molecule has 1 aromatic heterocycles. The van der Waals surface area contributed by atoms with E-state index in [1.54, 1.807) is 0 Å². The molecule has 1 heterocycles. The Labute approximate surface area is 105 Å². The van der Waals surface area contributed by atoms with Gasteiger partial charge in [0, 0.05) is 13.0 Å². The lowest BCUT2D eigenvalue weighted by molar-refractivity contribution is 0.850. The first-order valence-electron chi connectivity index (χ1n) is 6.03. The molecule has 0 atom stereocenters. The van der Waals surface area contributed by atoms with Crippen LogP contribution in [0, 0.1) is 0 Å². The highest BCUT2D eigenvalue weighted by molar-refractivity contribution is 5.24. The minimum absolute atomic E-state index is 0.188. The fraction of sp³-hybridized carbons (Fsp3) is 0.308. The van der Waals surface area contributed by atoms with Crippen molar-refractivity contribution < 1.29 is 0 Å². The van der Waals surface area contributed by atoms with Gasteiger partial charge in [0.2, 0.25) is 5.95 Å². The Hall–Kier alpha value is -2.17. The monoisotopic (exact) mass is 244 g/mol. The number of aromatic nitrogens is 3. The van der Waals surface area contributed by atoms with Gasteiger partial charge in [-0.3, -0.25) is 9.78 Å². The van der Waals surface area contributed by atoms with Crippen LogP contribution in [0.25, 0.3) is 0 Å². The van der Waals surface area contributed by atoms with E-state index in [0.29, 0.717) is 18.1 Å². The average molecular weight is 244 g/mol. The van der Waals surface area contributed by atoms with E-state index in [0.717, 1.165) is 18.5 Å². The summed E-state index contributed by atoms with van der Waals surface area (Å²) in [6.45, 7) is 2.81. The normalized spacial score (nSPS) is 10.3. The zero-order valence-corrected chi connectivity index (χ0v) is 10.3. The number of nitrogens with one attached hydrogen (secondary N) is 2. The molecule has 0 bridgehead atoms. The Balaban J connectivity index is 2.13. The third-order valence-electron chi connectivity index (χ3n) is 2.52. The van der Waals surface area contributed by atoms with Gasteiger partial charge >= 0.3 is 0 Å². The smallest absolute Gasteiger partial charge is 0.274 e. The Morgan fingerprint density at radius 2 is 2.00 bits per heavy atom. The van der Waals surface area contributed by atoms with Crippen LogP contribution in [0.3, 0.4) is 0 Å². The Morgan fingerprint density at radius 1 is 1.22 bits per heavy atom. The van der Waals surface area contributed by atoms with Crippen LogP contribution < -0.4 is 10.9 Å². The predicted molar refractivity (Wildman–Crippen MR) is 70.7 cm³/mol. The number of hydrogen-bond acceptors (Lipinski definition) is 4. The van der Waals surface area contributed by atoms with Gasteiger partial charge in [-0.15, -0.1) is 10.2 Å². The van der Waals surface area contributed by atoms with Crippen molar-refractivity contribution in [2.24, 2.45) is 0 Å². The summed E-state index contributed by atoms with van der Waals surface area (Å²) in [4.78, 5) is 14.5. The molecule has 2 N–H and O–H groups in total. The molecule has 0 amide bonds. The first-order valence-corrected chi connectivity index (χ1v) is 6.03. The molecule has 0 saturated carbocycles. The maximum absolute atomic E-state index is 11.8. The Kier molecular flexibility index (Phi) is 4.06. The molecule has 0 spiro atoms. The fourth-order valence-electron chi connectivity index (χ4n) is 1.59. The van der Waals surface area contributed by atoms with Crippen molar-refractivity contribution >= 4 is 5.95 Å². The van der Waals surface area contributed by atoms with Crippen LogP contribution in [0.5, 0.6) is 0 Å². The van der Waals surface area contributed by atoms with E-state index in [4.69, 9.17) is 0 Å². The highest BCUT2D eigenvalue weighted by atomic mass is 16.1. The second-order valence-corrected chi connectivity index (χ2v) is 4.04. The summed E-state index contributed by atoms with van der Waals surface area (Å²) < 4.78 is 0. The van der Waals surface area contributed by atoms with E-state index in [-0.39, 0.29) is 5.56 Å². The van der Waals surface area contributed by atoms with Crippen molar-refractivity contribution in [2.75, 3.05) is 11.9 Å². The molecule has 18 heavy (non-hydrogen) atoms. The van der Waals surface area contributed by atoms with Crippen LogP contribution in [0.4, 0.5) is 5.95 Å². The minimum atomic E-state index is -0.188. The molecule has 0 aliphatic rings. The lowest BCUT2D eigenvalue weighted by Gasteiger charge is -2.03. The van der Waals surface area contributed by atoms with Crippen molar-refractivity contribution in [1.29, 1.82) is 0 Å². The molecular formula is C13H16N4O. The standard InChI is InChI=1S/C13H16N4O/c1-2-8-14-13-15-12(18)11(16-17-13)9-10-6-4-3-5-7-10/h3-7H,2,8-9H2,1H3,(H2,14,15,17,18). The summed E-state index contributed by atoms with van der Waals surface area (Å²) >= 11 is 0. The Bertz CT molecular complexity index is 550. The van der Waals surface area contributed by atoms with Gasteiger partial charge in [-0.25, -0.2) is 0 Å². The van der Waals surface area contributed by atoms with Gasteiger partial charge in [-0.05, 0) is 12.0 Å². The van der Waals surface area contributed by atoms with Crippen molar-refractivity contribution in [2.45, 2.75) is 19.8 Å². The number of benzene rings is 1. The molecule has 2 rings (SSSR count). The van der Waals surface area contributed by atoms with Crippen molar-refractivity contribution in [3.63, 3.8) is 0 Å². The van der Waals surface area contributed by atoms with Crippen molar-refractivity contribution in [3.05, 3.63) is 51.9 Å². The van der Waals surface area contributed by atoms with Crippen molar-refractivity contribution in [3.8, 4) is 0 Å². The third-order valence-corrected chi connectivity index (χ3v) is 2.52. The zero-order valence-electron chi connectivity index (χ0n) is 10.3. The molecule has 0 fully saturated rings. The second kappa shape index (κ2) is 5.95. The molecule has 0 aliphatic carbocycles. The van der Waals surface area contributed by atoms with E-state index < -0.39 is 0 Å². The molecule has 0 saturated heterocycles. The highest BCUT2D eigenvalue weighted by Crippen LogP contribution is 2.03. The molecule has 0 unspecified atom stereocenters. The highest BCUT2D eigenvalue weighted by Gasteiger charge is 2.05. The van der Waals surface area contributed by atoms with Gasteiger partial charge < -0.3 is 5.32 Å². The number of H-pyrrole nitrogens is 1. The minimum Gasteiger partial charge on any atom is -0.354 e. The Morgan fingerprint density at radius 3 is 2.67 bits per heavy atom. The first kappa shape index (κ1) is 12.3. The van der Waals surface area contributed by atoms with Crippen molar-refractivity contribution in [1.82, 2.24) is 15.2 Å². The van der Waals surface area contributed by atoms with Crippen LogP contribution >= 0.6 is 0 Å². The molecule has 2 aromatic rings. The van der Waals surface area contributed by atoms with Gasteiger partial charge in [0.15, 0.2) is 0 Å². The summed E-state index contributed by atoms with van der Waals surface area (Å²) in [6, 6.07) is 9.74. The second-order valence-electron chi connectivity index (χ2n) is 4.04. The zero-order chi connectivity index (χ0) is 12.8. The maximum atomic E-state index is 11.8. The van der Waals surface area contributed by atoms with Crippen LogP contribution in [-0.4, -0.2) is 21.7 Å². The van der Waals surface area contributed by atoms with Crippen LogP contribution in [0.15, 0.2) is 35.1 Å². The van der Waals surface area contributed by atoms with Gasteiger partial charge in [0.25, 0.3) is 5.56 Å². The lowest BCUT2D eigenvalue weighted by Crippen LogP contribution is -2.20. The number of nitrogens with zero attached hydrogens (tertiary/aromatic N) is 2. The van der Waals surface area contributed by atoms with Crippen LogP contribution in [0.2, 0.25) is 0 Å². The quantitative estimate of drug-likeness (QED) is 0.837. The predicted octanol–water partition coefficient (Wildman–Crippen LogP) is 1.58. The molecular weight excluding hydrogens is 228 g/mol. The van der Waals surface area contributed by atoms with Crippen LogP contribution in [0.1, 0.15) is 24.6 Å². The molecule has 5 nitrogen and oxygen atoms in total. The topological polar surface area (TPSA) is 70.7 Å². The number of rotatable bonds is 5. The lowest BCUT2D eigenvalue weighted by atomic mass is 10.1.